The first-order chi connectivity index (χ1) is 12.0. The van der Waals surface area contributed by atoms with Crippen LogP contribution in [0.5, 0.6) is 0 Å². The van der Waals surface area contributed by atoms with Gasteiger partial charge in [-0.15, -0.1) is 12.4 Å². The van der Waals surface area contributed by atoms with Crippen molar-refractivity contribution >= 4 is 28.2 Å². The Labute approximate surface area is 160 Å². The first kappa shape index (κ1) is 20.6. The minimum absolute atomic E-state index is 0. The van der Waals surface area contributed by atoms with Gasteiger partial charge < -0.3 is 5.32 Å². The summed E-state index contributed by atoms with van der Waals surface area (Å²) in [6, 6.07) is 15.6. The van der Waals surface area contributed by atoms with Gasteiger partial charge in [0.2, 0.25) is 10.0 Å². The van der Waals surface area contributed by atoms with E-state index in [4.69, 9.17) is 0 Å². The van der Waals surface area contributed by atoms with Gasteiger partial charge in [-0.05, 0) is 32.0 Å². The molecule has 0 unspecified atom stereocenters. The Bertz CT molecular complexity index is 848. The Morgan fingerprint density at radius 2 is 1.58 bits per heavy atom. The lowest BCUT2D eigenvalue weighted by molar-refractivity contribution is 0.103. The molecule has 26 heavy (non-hydrogen) atoms. The molecule has 0 amide bonds. The lowest BCUT2D eigenvalue weighted by atomic mass is 10.0. The topological polar surface area (TPSA) is 66.5 Å². The molecule has 0 bridgehead atoms. The SMILES string of the molecule is CNC1CCN(S(=O)(=O)c2ccccc2C(=O)c2ccccc2)CC1.Cl. The number of benzene rings is 2. The van der Waals surface area contributed by atoms with Crippen molar-refractivity contribution in [3.05, 3.63) is 65.7 Å². The van der Waals surface area contributed by atoms with Gasteiger partial charge in [0.1, 0.15) is 0 Å². The Morgan fingerprint density at radius 3 is 2.19 bits per heavy atom. The van der Waals surface area contributed by atoms with Gasteiger partial charge in [0.05, 0.1) is 4.90 Å². The molecule has 0 spiro atoms. The van der Waals surface area contributed by atoms with E-state index in [1.165, 1.54) is 10.4 Å². The van der Waals surface area contributed by atoms with Crippen LogP contribution in [0.4, 0.5) is 0 Å². The quantitative estimate of drug-likeness (QED) is 0.792. The highest BCUT2D eigenvalue weighted by Crippen LogP contribution is 2.25. The van der Waals surface area contributed by atoms with Crippen LogP contribution in [0.15, 0.2) is 59.5 Å². The molecule has 1 aliphatic heterocycles. The molecule has 1 N–H and O–H groups in total. The molecule has 0 radical (unpaired) electrons. The van der Waals surface area contributed by atoms with E-state index in [-0.39, 0.29) is 28.6 Å². The van der Waals surface area contributed by atoms with Crippen molar-refractivity contribution in [2.45, 2.75) is 23.8 Å². The fraction of sp³-hybridized carbons (Fsp3) is 0.316. The summed E-state index contributed by atoms with van der Waals surface area (Å²) in [6.45, 7) is 0.920. The maximum absolute atomic E-state index is 13.1. The van der Waals surface area contributed by atoms with Crippen molar-refractivity contribution in [1.82, 2.24) is 9.62 Å². The molecule has 3 rings (SSSR count). The fourth-order valence-corrected chi connectivity index (χ4v) is 4.81. The fourth-order valence-electron chi connectivity index (χ4n) is 3.15. The van der Waals surface area contributed by atoms with Gasteiger partial charge in [0, 0.05) is 30.3 Å². The maximum Gasteiger partial charge on any atom is 0.243 e. The molecule has 0 aliphatic carbocycles. The third kappa shape index (κ3) is 4.15. The van der Waals surface area contributed by atoms with Crippen LogP contribution in [0, 0.1) is 0 Å². The lowest BCUT2D eigenvalue weighted by Crippen LogP contribution is -2.44. The number of hydrogen-bond acceptors (Lipinski definition) is 4. The second-order valence-corrected chi connectivity index (χ2v) is 8.06. The molecule has 1 fully saturated rings. The van der Waals surface area contributed by atoms with Crippen molar-refractivity contribution in [3.63, 3.8) is 0 Å². The van der Waals surface area contributed by atoms with Gasteiger partial charge in [0.15, 0.2) is 5.78 Å². The third-order valence-corrected chi connectivity index (χ3v) is 6.60. The van der Waals surface area contributed by atoms with Gasteiger partial charge >= 0.3 is 0 Å². The summed E-state index contributed by atoms with van der Waals surface area (Å²) >= 11 is 0. The molecule has 2 aromatic rings. The zero-order valence-corrected chi connectivity index (χ0v) is 16.2. The highest BCUT2D eigenvalue weighted by atomic mass is 35.5. The number of piperidine rings is 1. The maximum atomic E-state index is 13.1. The van der Waals surface area contributed by atoms with Gasteiger partial charge in [-0.3, -0.25) is 4.79 Å². The molecule has 0 saturated carbocycles. The lowest BCUT2D eigenvalue weighted by Gasteiger charge is -2.31. The van der Waals surface area contributed by atoms with Crippen molar-refractivity contribution < 1.29 is 13.2 Å². The normalized spacial score (nSPS) is 16.0. The van der Waals surface area contributed by atoms with Crippen LogP contribution in [-0.2, 0) is 10.0 Å². The van der Waals surface area contributed by atoms with Gasteiger partial charge in [0.25, 0.3) is 0 Å². The molecule has 1 aliphatic rings. The van der Waals surface area contributed by atoms with Crippen LogP contribution in [-0.4, -0.2) is 44.7 Å². The minimum Gasteiger partial charge on any atom is -0.317 e. The first-order valence-corrected chi connectivity index (χ1v) is 9.84. The Balaban J connectivity index is 0.00000243. The van der Waals surface area contributed by atoms with Crippen LogP contribution in [0.2, 0.25) is 0 Å². The number of carbonyl (C=O) groups is 1. The zero-order chi connectivity index (χ0) is 17.9. The van der Waals surface area contributed by atoms with E-state index >= 15 is 0 Å². The molecular formula is C19H23ClN2O3S. The van der Waals surface area contributed by atoms with E-state index in [0.717, 1.165) is 12.8 Å². The predicted molar refractivity (Wildman–Crippen MR) is 104 cm³/mol. The molecule has 7 heteroatoms. The van der Waals surface area contributed by atoms with Gasteiger partial charge in [-0.25, -0.2) is 8.42 Å². The highest BCUT2D eigenvalue weighted by molar-refractivity contribution is 7.89. The average Bonchev–Trinajstić information content (AvgIpc) is 2.68. The summed E-state index contributed by atoms with van der Waals surface area (Å²) in [5.41, 5.74) is 0.712. The summed E-state index contributed by atoms with van der Waals surface area (Å²) in [5, 5.41) is 3.19. The number of rotatable bonds is 5. The second-order valence-electron chi connectivity index (χ2n) is 6.16. The molecule has 1 heterocycles. The smallest absolute Gasteiger partial charge is 0.243 e. The number of ketones is 1. The molecule has 2 aromatic carbocycles. The monoisotopic (exact) mass is 394 g/mol. The second kappa shape index (κ2) is 8.77. The van der Waals surface area contributed by atoms with Crippen molar-refractivity contribution in [2.75, 3.05) is 20.1 Å². The number of hydrogen-bond donors (Lipinski definition) is 1. The van der Waals surface area contributed by atoms with Crippen LogP contribution in [0.25, 0.3) is 0 Å². The molecular weight excluding hydrogens is 372 g/mol. The zero-order valence-electron chi connectivity index (χ0n) is 14.6. The molecule has 0 atom stereocenters. The van der Waals surface area contributed by atoms with Gasteiger partial charge in [-0.2, -0.15) is 4.31 Å². The van der Waals surface area contributed by atoms with Crippen LogP contribution >= 0.6 is 12.4 Å². The highest BCUT2D eigenvalue weighted by Gasteiger charge is 2.31. The summed E-state index contributed by atoms with van der Waals surface area (Å²) in [6.07, 6.45) is 1.54. The van der Waals surface area contributed by atoms with E-state index in [9.17, 15) is 13.2 Å². The molecule has 140 valence electrons. The minimum atomic E-state index is -3.69. The summed E-state index contributed by atoms with van der Waals surface area (Å²) < 4.78 is 27.7. The van der Waals surface area contributed by atoms with E-state index in [1.54, 1.807) is 42.5 Å². The first-order valence-electron chi connectivity index (χ1n) is 8.40. The van der Waals surface area contributed by atoms with Crippen molar-refractivity contribution in [1.29, 1.82) is 0 Å². The van der Waals surface area contributed by atoms with Crippen molar-refractivity contribution in [3.8, 4) is 0 Å². The molecule has 5 nitrogen and oxygen atoms in total. The third-order valence-electron chi connectivity index (χ3n) is 4.65. The Hall–Kier alpha value is -1.73. The Morgan fingerprint density at radius 1 is 1.00 bits per heavy atom. The average molecular weight is 395 g/mol. The summed E-state index contributed by atoms with van der Waals surface area (Å²) in [4.78, 5) is 12.9. The standard InChI is InChI=1S/C19H22N2O3S.ClH/c1-20-16-11-13-21(14-12-16)25(23,24)18-10-6-5-9-17(18)19(22)15-7-3-2-4-8-15;/h2-10,16,20H,11-14H2,1H3;1H. The van der Waals surface area contributed by atoms with Crippen LogP contribution in [0.3, 0.4) is 0 Å². The summed E-state index contributed by atoms with van der Waals surface area (Å²) in [7, 11) is -1.80. The number of sulfonamides is 1. The predicted octanol–water partition coefficient (Wildman–Crippen LogP) is 2.71. The summed E-state index contributed by atoms with van der Waals surface area (Å²) in [5.74, 6) is -0.273. The number of nitrogens with one attached hydrogen (secondary N) is 1. The molecule has 1 saturated heterocycles. The van der Waals surface area contributed by atoms with Crippen LogP contribution < -0.4 is 5.32 Å². The largest absolute Gasteiger partial charge is 0.317 e. The van der Waals surface area contributed by atoms with E-state index < -0.39 is 10.0 Å². The number of halogens is 1. The van der Waals surface area contributed by atoms with Gasteiger partial charge in [-0.1, -0.05) is 42.5 Å². The molecule has 0 aromatic heterocycles. The Kier molecular flexibility index (Phi) is 6.94. The van der Waals surface area contributed by atoms with E-state index in [0.29, 0.717) is 24.7 Å². The number of carbonyl (C=O) groups excluding carboxylic acids is 1. The van der Waals surface area contributed by atoms with E-state index in [1.807, 2.05) is 13.1 Å². The van der Waals surface area contributed by atoms with Crippen LogP contribution in [0.1, 0.15) is 28.8 Å². The van der Waals surface area contributed by atoms with Crippen molar-refractivity contribution in [2.24, 2.45) is 0 Å². The van der Waals surface area contributed by atoms with E-state index in [2.05, 4.69) is 5.32 Å². The number of nitrogens with zero attached hydrogens (tertiary/aromatic N) is 1.